The molecule has 8 nitrogen and oxygen atoms in total. The van der Waals surface area contributed by atoms with Crippen molar-refractivity contribution in [2.24, 2.45) is 0 Å². The summed E-state index contributed by atoms with van der Waals surface area (Å²) in [7, 11) is 4.75. The second kappa shape index (κ2) is 8.33. The van der Waals surface area contributed by atoms with Crippen LogP contribution in [0.1, 0.15) is 30.3 Å². The summed E-state index contributed by atoms with van der Waals surface area (Å²) in [5, 5.41) is 8.86. The Morgan fingerprint density at radius 3 is 2.43 bits per heavy atom. The number of anilines is 1. The summed E-state index contributed by atoms with van der Waals surface area (Å²) in [4.78, 5) is 8.82. The summed E-state index contributed by atoms with van der Waals surface area (Å²) < 4.78 is 18.5. The minimum Gasteiger partial charge on any atom is -0.493 e. The van der Waals surface area contributed by atoms with E-state index in [1.54, 1.807) is 21.3 Å². The van der Waals surface area contributed by atoms with Gasteiger partial charge in [0.15, 0.2) is 11.5 Å². The monoisotopic (exact) mass is 385 g/mol. The molecule has 0 atom stereocenters. The van der Waals surface area contributed by atoms with Gasteiger partial charge in [0.25, 0.3) is 0 Å². The maximum absolute atomic E-state index is 5.54. The van der Waals surface area contributed by atoms with Crippen molar-refractivity contribution in [1.82, 2.24) is 19.7 Å². The molecule has 0 amide bonds. The second-order valence-electron chi connectivity index (χ2n) is 6.49. The van der Waals surface area contributed by atoms with Gasteiger partial charge in [0, 0.05) is 24.3 Å². The van der Waals surface area contributed by atoms with Crippen LogP contribution in [0.5, 0.6) is 17.2 Å². The molecule has 0 spiro atoms. The summed E-state index contributed by atoms with van der Waals surface area (Å²) >= 11 is 0. The first-order chi connectivity index (χ1) is 13.5. The zero-order valence-corrected chi connectivity index (χ0v) is 17.3. The average molecular weight is 385 g/mol. The van der Waals surface area contributed by atoms with E-state index in [1.165, 1.54) is 17.6 Å². The number of hydrogen-bond acceptors (Lipinski definition) is 7. The van der Waals surface area contributed by atoms with Crippen LogP contribution in [-0.2, 0) is 13.1 Å². The van der Waals surface area contributed by atoms with E-state index in [1.807, 2.05) is 13.0 Å². The number of aromatic nitrogens is 4. The minimum absolute atomic E-state index is 0.509. The molecular formula is C20H27N5O3. The van der Waals surface area contributed by atoms with E-state index in [2.05, 4.69) is 38.9 Å². The van der Waals surface area contributed by atoms with E-state index < -0.39 is 0 Å². The van der Waals surface area contributed by atoms with E-state index in [0.717, 1.165) is 24.0 Å². The normalized spacial score (nSPS) is 10.9. The molecule has 28 heavy (non-hydrogen) atoms. The SMILES string of the molecule is CCCn1nc(C)c(CNc2ncnc3c(OC)c(OC)c(OC)cc23)c1C. The van der Waals surface area contributed by atoms with Crippen LogP contribution in [0.4, 0.5) is 5.82 Å². The fourth-order valence-corrected chi connectivity index (χ4v) is 3.40. The molecule has 150 valence electrons. The van der Waals surface area contributed by atoms with Gasteiger partial charge in [0.05, 0.1) is 32.4 Å². The molecule has 3 rings (SSSR count). The fraction of sp³-hybridized carbons (Fsp3) is 0.450. The lowest BCUT2D eigenvalue weighted by Gasteiger charge is -2.16. The summed E-state index contributed by atoms with van der Waals surface area (Å²) in [5.41, 5.74) is 4.02. The summed E-state index contributed by atoms with van der Waals surface area (Å²) in [6.45, 7) is 7.81. The zero-order chi connectivity index (χ0) is 20.3. The van der Waals surface area contributed by atoms with Crippen LogP contribution in [0.15, 0.2) is 12.4 Å². The average Bonchev–Trinajstić information content (AvgIpc) is 2.97. The van der Waals surface area contributed by atoms with Crippen molar-refractivity contribution in [3.63, 3.8) is 0 Å². The third-order valence-corrected chi connectivity index (χ3v) is 4.83. The Hall–Kier alpha value is -3.03. The van der Waals surface area contributed by atoms with Crippen LogP contribution in [0, 0.1) is 13.8 Å². The van der Waals surface area contributed by atoms with Gasteiger partial charge in [0.1, 0.15) is 17.7 Å². The van der Waals surface area contributed by atoms with Gasteiger partial charge in [-0.25, -0.2) is 9.97 Å². The standard InChI is InChI=1S/C20H27N5O3/c1-7-8-25-13(3)15(12(2)24-25)10-21-20-14-9-16(26-4)18(27-5)19(28-6)17(14)22-11-23-20/h9,11H,7-8,10H2,1-6H3,(H,21,22,23). The Balaban J connectivity index is 2.01. The molecule has 0 unspecified atom stereocenters. The van der Waals surface area contributed by atoms with Gasteiger partial charge in [-0.1, -0.05) is 6.92 Å². The van der Waals surface area contributed by atoms with Crippen molar-refractivity contribution in [2.45, 2.75) is 40.3 Å². The predicted octanol–water partition coefficient (Wildman–Crippen LogP) is 3.49. The van der Waals surface area contributed by atoms with E-state index in [9.17, 15) is 0 Å². The van der Waals surface area contributed by atoms with E-state index >= 15 is 0 Å². The van der Waals surface area contributed by atoms with E-state index in [-0.39, 0.29) is 0 Å². The number of fused-ring (bicyclic) bond motifs is 1. The van der Waals surface area contributed by atoms with Crippen LogP contribution < -0.4 is 19.5 Å². The van der Waals surface area contributed by atoms with Crippen LogP contribution >= 0.6 is 0 Å². The molecule has 3 aromatic rings. The molecule has 0 radical (unpaired) electrons. The first-order valence-electron chi connectivity index (χ1n) is 9.26. The highest BCUT2D eigenvalue weighted by molar-refractivity contribution is 5.96. The van der Waals surface area contributed by atoms with Crippen LogP contribution in [0.25, 0.3) is 10.9 Å². The van der Waals surface area contributed by atoms with E-state index in [4.69, 9.17) is 14.2 Å². The smallest absolute Gasteiger partial charge is 0.205 e. The third-order valence-electron chi connectivity index (χ3n) is 4.83. The van der Waals surface area contributed by atoms with Gasteiger partial charge in [0.2, 0.25) is 5.75 Å². The first-order valence-corrected chi connectivity index (χ1v) is 9.26. The molecule has 0 fully saturated rings. The third kappa shape index (κ3) is 3.42. The van der Waals surface area contributed by atoms with Gasteiger partial charge in [-0.2, -0.15) is 5.10 Å². The van der Waals surface area contributed by atoms with Crippen molar-refractivity contribution in [3.8, 4) is 17.2 Å². The van der Waals surface area contributed by atoms with Gasteiger partial charge in [-0.05, 0) is 26.3 Å². The molecule has 0 aliphatic carbocycles. The molecule has 0 aliphatic rings. The van der Waals surface area contributed by atoms with Crippen LogP contribution in [0.2, 0.25) is 0 Å². The number of ether oxygens (including phenoxy) is 3. The van der Waals surface area contributed by atoms with Crippen molar-refractivity contribution >= 4 is 16.7 Å². The highest BCUT2D eigenvalue weighted by Gasteiger charge is 2.20. The van der Waals surface area contributed by atoms with Crippen LogP contribution in [0.3, 0.4) is 0 Å². The Kier molecular flexibility index (Phi) is 5.87. The Morgan fingerprint density at radius 1 is 1.04 bits per heavy atom. The number of benzene rings is 1. The Morgan fingerprint density at radius 2 is 1.79 bits per heavy atom. The fourth-order valence-electron chi connectivity index (χ4n) is 3.40. The maximum Gasteiger partial charge on any atom is 0.205 e. The van der Waals surface area contributed by atoms with Gasteiger partial charge in [-0.15, -0.1) is 0 Å². The molecule has 8 heteroatoms. The zero-order valence-electron chi connectivity index (χ0n) is 17.3. The molecule has 1 aromatic carbocycles. The Labute approximate surface area is 164 Å². The highest BCUT2D eigenvalue weighted by Crippen LogP contribution is 2.43. The van der Waals surface area contributed by atoms with Crippen molar-refractivity contribution < 1.29 is 14.2 Å². The molecule has 0 bridgehead atoms. The molecule has 0 saturated heterocycles. The molecule has 0 aliphatic heterocycles. The lowest BCUT2D eigenvalue weighted by atomic mass is 10.1. The molecule has 2 heterocycles. The molecule has 1 N–H and O–H groups in total. The highest BCUT2D eigenvalue weighted by atomic mass is 16.5. The van der Waals surface area contributed by atoms with Crippen molar-refractivity contribution in [3.05, 3.63) is 29.3 Å². The summed E-state index contributed by atoms with van der Waals surface area (Å²) in [6.07, 6.45) is 2.56. The lowest BCUT2D eigenvalue weighted by Crippen LogP contribution is -2.06. The molecular weight excluding hydrogens is 358 g/mol. The minimum atomic E-state index is 0.509. The largest absolute Gasteiger partial charge is 0.493 e. The number of methoxy groups -OCH3 is 3. The van der Waals surface area contributed by atoms with Gasteiger partial charge < -0.3 is 19.5 Å². The Bertz CT molecular complexity index is 984. The molecule has 2 aromatic heterocycles. The van der Waals surface area contributed by atoms with Crippen LogP contribution in [-0.4, -0.2) is 41.1 Å². The van der Waals surface area contributed by atoms with Crippen molar-refractivity contribution in [2.75, 3.05) is 26.6 Å². The lowest BCUT2D eigenvalue weighted by molar-refractivity contribution is 0.327. The number of rotatable bonds is 8. The maximum atomic E-state index is 5.54. The van der Waals surface area contributed by atoms with Gasteiger partial charge >= 0.3 is 0 Å². The number of nitrogens with one attached hydrogen (secondary N) is 1. The second-order valence-corrected chi connectivity index (χ2v) is 6.49. The first kappa shape index (κ1) is 19.7. The quantitative estimate of drug-likeness (QED) is 0.635. The number of aryl methyl sites for hydroxylation is 2. The topological polar surface area (TPSA) is 83.3 Å². The number of nitrogens with zero attached hydrogens (tertiary/aromatic N) is 4. The van der Waals surface area contributed by atoms with E-state index in [0.29, 0.717) is 35.1 Å². The van der Waals surface area contributed by atoms with Gasteiger partial charge in [-0.3, -0.25) is 4.68 Å². The number of hydrogen-bond donors (Lipinski definition) is 1. The predicted molar refractivity (Wildman–Crippen MR) is 109 cm³/mol. The summed E-state index contributed by atoms with van der Waals surface area (Å²) in [5.74, 6) is 2.29. The molecule has 0 saturated carbocycles. The summed E-state index contributed by atoms with van der Waals surface area (Å²) in [6, 6.07) is 1.86. The van der Waals surface area contributed by atoms with Crippen molar-refractivity contribution in [1.29, 1.82) is 0 Å².